The van der Waals surface area contributed by atoms with Gasteiger partial charge in [-0.2, -0.15) is 0 Å². The van der Waals surface area contributed by atoms with E-state index in [1.54, 1.807) is 12.1 Å². The van der Waals surface area contributed by atoms with Crippen molar-refractivity contribution in [2.45, 2.75) is 52.0 Å². The highest BCUT2D eigenvalue weighted by Crippen LogP contribution is 2.33. The molecule has 116 valence electrons. The summed E-state index contributed by atoms with van der Waals surface area (Å²) in [5, 5.41) is 14.4. The van der Waals surface area contributed by atoms with Gasteiger partial charge in [-0.15, -0.1) is 0 Å². The fourth-order valence-electron chi connectivity index (χ4n) is 3.05. The van der Waals surface area contributed by atoms with Gasteiger partial charge in [-0.1, -0.05) is 19.3 Å². The van der Waals surface area contributed by atoms with Crippen LogP contribution in [0, 0.1) is 10.1 Å². The second kappa shape index (κ2) is 7.24. The van der Waals surface area contributed by atoms with Crippen molar-refractivity contribution < 1.29 is 4.92 Å². The lowest BCUT2D eigenvalue weighted by atomic mass is 9.94. The van der Waals surface area contributed by atoms with Crippen molar-refractivity contribution in [2.24, 2.45) is 0 Å². The van der Waals surface area contributed by atoms with Gasteiger partial charge in [0, 0.05) is 25.2 Å². The number of nitrogens with zero attached hydrogens (tertiary/aromatic N) is 3. The van der Waals surface area contributed by atoms with Gasteiger partial charge >= 0.3 is 5.69 Å². The minimum atomic E-state index is -0.330. The monoisotopic (exact) mass is 292 g/mol. The Morgan fingerprint density at radius 2 is 2.05 bits per heavy atom. The molecule has 1 saturated carbocycles. The molecule has 0 bridgehead atoms. The number of anilines is 2. The Hall–Kier alpha value is -1.85. The molecular weight excluding hydrogens is 268 g/mol. The van der Waals surface area contributed by atoms with Crippen LogP contribution >= 0.6 is 0 Å². The third-order valence-corrected chi connectivity index (χ3v) is 4.04. The molecule has 1 heterocycles. The first-order chi connectivity index (χ1) is 10.2. The molecule has 1 fully saturated rings. The van der Waals surface area contributed by atoms with Crippen LogP contribution in [0.15, 0.2) is 12.1 Å². The lowest BCUT2D eigenvalue weighted by molar-refractivity contribution is -0.384. The minimum absolute atomic E-state index is 0.101. The fourth-order valence-corrected chi connectivity index (χ4v) is 3.05. The SMILES string of the molecule is CCNc1ccc([N+](=O)[O-])c(N(CC)C2CCCCC2)n1. The predicted octanol–water partition coefficient (Wildman–Crippen LogP) is 3.58. The van der Waals surface area contributed by atoms with E-state index in [0.29, 0.717) is 17.7 Å². The molecule has 0 atom stereocenters. The lowest BCUT2D eigenvalue weighted by Crippen LogP contribution is -2.37. The lowest BCUT2D eigenvalue weighted by Gasteiger charge is -2.34. The maximum Gasteiger partial charge on any atom is 0.311 e. The van der Waals surface area contributed by atoms with Gasteiger partial charge in [0.05, 0.1) is 4.92 Å². The Morgan fingerprint density at radius 1 is 1.33 bits per heavy atom. The first-order valence-electron chi connectivity index (χ1n) is 7.83. The number of nitrogens with one attached hydrogen (secondary N) is 1. The summed E-state index contributed by atoms with van der Waals surface area (Å²) < 4.78 is 0. The molecule has 0 unspecified atom stereocenters. The Bertz CT molecular complexity index is 487. The van der Waals surface area contributed by atoms with Crippen molar-refractivity contribution in [2.75, 3.05) is 23.3 Å². The molecule has 1 aromatic rings. The summed E-state index contributed by atoms with van der Waals surface area (Å²) >= 11 is 0. The standard InChI is InChI=1S/C15H24N4O2/c1-3-16-14-11-10-13(19(20)21)15(17-14)18(4-2)12-8-6-5-7-9-12/h10-12H,3-9H2,1-2H3,(H,16,17). The maximum absolute atomic E-state index is 11.3. The molecule has 0 saturated heterocycles. The largest absolute Gasteiger partial charge is 0.370 e. The van der Waals surface area contributed by atoms with Gasteiger partial charge in [0.1, 0.15) is 5.82 Å². The summed E-state index contributed by atoms with van der Waals surface area (Å²) in [6, 6.07) is 3.61. The molecule has 0 aromatic carbocycles. The van der Waals surface area contributed by atoms with Crippen molar-refractivity contribution in [1.29, 1.82) is 0 Å². The van der Waals surface area contributed by atoms with Crippen molar-refractivity contribution in [1.82, 2.24) is 4.98 Å². The van der Waals surface area contributed by atoms with E-state index in [4.69, 9.17) is 0 Å². The predicted molar refractivity (Wildman–Crippen MR) is 84.9 cm³/mol. The highest BCUT2D eigenvalue weighted by Gasteiger charge is 2.27. The van der Waals surface area contributed by atoms with Crippen molar-refractivity contribution in [3.05, 3.63) is 22.2 Å². The Balaban J connectivity index is 2.36. The molecule has 2 rings (SSSR count). The molecule has 1 aromatic heterocycles. The quantitative estimate of drug-likeness (QED) is 0.641. The van der Waals surface area contributed by atoms with Crippen LogP contribution in [0.3, 0.4) is 0 Å². The van der Waals surface area contributed by atoms with Crippen LogP contribution in [-0.4, -0.2) is 29.0 Å². The molecule has 0 spiro atoms. The number of pyridine rings is 1. The molecule has 6 nitrogen and oxygen atoms in total. The molecule has 0 radical (unpaired) electrons. The fraction of sp³-hybridized carbons (Fsp3) is 0.667. The zero-order chi connectivity index (χ0) is 15.2. The van der Waals surface area contributed by atoms with Gasteiger partial charge in [0.2, 0.25) is 5.82 Å². The average Bonchev–Trinajstić information content (AvgIpc) is 2.49. The average molecular weight is 292 g/mol. The van der Waals surface area contributed by atoms with Crippen LogP contribution in [0.2, 0.25) is 0 Å². The van der Waals surface area contributed by atoms with E-state index in [1.165, 1.54) is 19.3 Å². The zero-order valence-corrected chi connectivity index (χ0v) is 12.8. The Labute approximate surface area is 125 Å². The molecule has 6 heteroatoms. The summed E-state index contributed by atoms with van der Waals surface area (Å²) in [6.45, 7) is 5.52. The molecule has 1 aliphatic rings. The molecule has 1 aliphatic carbocycles. The molecule has 21 heavy (non-hydrogen) atoms. The van der Waals surface area contributed by atoms with E-state index in [-0.39, 0.29) is 10.6 Å². The van der Waals surface area contributed by atoms with E-state index >= 15 is 0 Å². The third-order valence-electron chi connectivity index (χ3n) is 4.04. The highest BCUT2D eigenvalue weighted by atomic mass is 16.6. The van der Waals surface area contributed by atoms with Crippen LogP contribution in [0.5, 0.6) is 0 Å². The number of nitro groups is 1. The van der Waals surface area contributed by atoms with Gasteiger partial charge in [-0.05, 0) is 32.8 Å². The van der Waals surface area contributed by atoms with Gasteiger partial charge in [-0.25, -0.2) is 4.98 Å². The molecule has 0 amide bonds. The van der Waals surface area contributed by atoms with Crippen LogP contribution in [0.4, 0.5) is 17.3 Å². The Morgan fingerprint density at radius 3 is 2.62 bits per heavy atom. The van der Waals surface area contributed by atoms with Crippen molar-refractivity contribution in [3.8, 4) is 0 Å². The summed E-state index contributed by atoms with van der Waals surface area (Å²) in [5.41, 5.74) is 0.101. The second-order valence-electron chi connectivity index (χ2n) is 5.40. The summed E-state index contributed by atoms with van der Waals surface area (Å²) in [7, 11) is 0. The maximum atomic E-state index is 11.3. The van der Waals surface area contributed by atoms with Crippen LogP contribution in [-0.2, 0) is 0 Å². The van der Waals surface area contributed by atoms with Crippen molar-refractivity contribution >= 4 is 17.3 Å². The number of rotatable bonds is 6. The first-order valence-corrected chi connectivity index (χ1v) is 7.83. The first kappa shape index (κ1) is 15.5. The third kappa shape index (κ3) is 3.62. The van der Waals surface area contributed by atoms with Crippen LogP contribution in [0.1, 0.15) is 46.0 Å². The van der Waals surface area contributed by atoms with Gasteiger partial charge in [0.15, 0.2) is 0 Å². The molecular formula is C15H24N4O2. The molecule has 0 aliphatic heterocycles. The van der Waals surface area contributed by atoms with E-state index < -0.39 is 0 Å². The minimum Gasteiger partial charge on any atom is -0.370 e. The van der Waals surface area contributed by atoms with Gasteiger partial charge < -0.3 is 10.2 Å². The van der Waals surface area contributed by atoms with Gasteiger partial charge in [-0.3, -0.25) is 10.1 Å². The van der Waals surface area contributed by atoms with Crippen LogP contribution < -0.4 is 10.2 Å². The zero-order valence-electron chi connectivity index (χ0n) is 12.8. The highest BCUT2D eigenvalue weighted by molar-refractivity contribution is 5.62. The second-order valence-corrected chi connectivity index (χ2v) is 5.40. The number of aromatic nitrogens is 1. The number of hydrogen-bond acceptors (Lipinski definition) is 5. The van der Waals surface area contributed by atoms with Crippen molar-refractivity contribution in [3.63, 3.8) is 0 Å². The van der Waals surface area contributed by atoms with E-state index in [2.05, 4.69) is 15.2 Å². The van der Waals surface area contributed by atoms with E-state index in [1.807, 2.05) is 13.8 Å². The summed E-state index contributed by atoms with van der Waals surface area (Å²) in [4.78, 5) is 17.6. The van der Waals surface area contributed by atoms with E-state index in [9.17, 15) is 10.1 Å². The van der Waals surface area contributed by atoms with E-state index in [0.717, 1.165) is 25.9 Å². The number of hydrogen-bond donors (Lipinski definition) is 1. The topological polar surface area (TPSA) is 71.3 Å². The molecule has 1 N–H and O–H groups in total. The normalized spacial score (nSPS) is 15.7. The Kier molecular flexibility index (Phi) is 5.36. The summed E-state index contributed by atoms with van der Waals surface area (Å²) in [5.74, 6) is 1.21. The van der Waals surface area contributed by atoms with Gasteiger partial charge in [0.25, 0.3) is 0 Å². The smallest absolute Gasteiger partial charge is 0.311 e. The van der Waals surface area contributed by atoms with Crippen LogP contribution in [0.25, 0.3) is 0 Å². The summed E-state index contributed by atoms with van der Waals surface area (Å²) in [6.07, 6.45) is 5.85.